The Labute approximate surface area is 107 Å². The van der Waals surface area contributed by atoms with Gasteiger partial charge in [0.25, 0.3) is 5.91 Å². The molecule has 98 valence electrons. The fourth-order valence-electron chi connectivity index (χ4n) is 2.13. The predicted octanol–water partition coefficient (Wildman–Crippen LogP) is 0.193. The molecule has 0 spiro atoms. The number of amides is 1. The van der Waals surface area contributed by atoms with Crippen molar-refractivity contribution in [3.8, 4) is 0 Å². The number of nitrogen functional groups attached to an aromatic ring is 1. The minimum atomic E-state index is -0.143. The number of nitrogens with two attached hydrogens (primary N) is 1. The first-order valence-corrected chi connectivity index (χ1v) is 6.23. The van der Waals surface area contributed by atoms with Crippen LogP contribution >= 0.6 is 0 Å². The number of hydrogen-bond acceptors (Lipinski definition) is 5. The highest BCUT2D eigenvalue weighted by Gasteiger charge is 2.13. The summed E-state index contributed by atoms with van der Waals surface area (Å²) < 4.78 is 0. The number of hydrazine groups is 1. The Bertz CT molecular complexity index is 403. The summed E-state index contributed by atoms with van der Waals surface area (Å²) in [5.74, 6) is 5.57. The number of carbonyl (C=O) groups is 1. The molecule has 1 aromatic rings. The second-order valence-corrected chi connectivity index (χ2v) is 4.35. The van der Waals surface area contributed by atoms with Crippen LogP contribution in [-0.4, -0.2) is 42.0 Å². The molecule has 1 aliphatic heterocycles. The van der Waals surface area contributed by atoms with Gasteiger partial charge in [0.1, 0.15) is 0 Å². The number of nitrogens with zero attached hydrogens (tertiary/aromatic N) is 2. The van der Waals surface area contributed by atoms with Gasteiger partial charge in [-0.25, -0.2) is 10.8 Å². The molecule has 1 amide bonds. The normalized spacial score (nSPS) is 15.6. The molecule has 6 heteroatoms. The van der Waals surface area contributed by atoms with Crippen molar-refractivity contribution in [3.63, 3.8) is 0 Å². The van der Waals surface area contributed by atoms with Crippen LogP contribution in [0.1, 0.15) is 23.2 Å². The molecule has 0 bridgehead atoms. The number of aromatic nitrogens is 1. The number of hydrogen-bond donors (Lipinski definition) is 3. The molecule has 0 aliphatic carbocycles. The van der Waals surface area contributed by atoms with E-state index in [1.807, 2.05) is 0 Å². The van der Waals surface area contributed by atoms with E-state index in [9.17, 15) is 4.79 Å². The van der Waals surface area contributed by atoms with Crippen LogP contribution in [0.5, 0.6) is 0 Å². The lowest BCUT2D eigenvalue weighted by Gasteiger charge is -2.15. The molecule has 0 saturated carbocycles. The maximum Gasteiger partial charge on any atom is 0.255 e. The first-order valence-electron chi connectivity index (χ1n) is 6.23. The van der Waals surface area contributed by atoms with Gasteiger partial charge in [0, 0.05) is 19.3 Å². The number of carbonyl (C=O) groups excluding carboxylic acids is 1. The number of likely N-dealkylation sites (tertiary alicyclic amines) is 1. The average molecular weight is 249 g/mol. The molecular weight excluding hydrogens is 230 g/mol. The molecule has 2 rings (SSSR count). The molecule has 1 saturated heterocycles. The van der Waals surface area contributed by atoms with Gasteiger partial charge in [0.2, 0.25) is 0 Å². The minimum Gasteiger partial charge on any atom is -0.351 e. The zero-order valence-corrected chi connectivity index (χ0v) is 10.4. The van der Waals surface area contributed by atoms with E-state index in [1.165, 1.54) is 12.8 Å². The van der Waals surface area contributed by atoms with Gasteiger partial charge < -0.3 is 15.6 Å². The van der Waals surface area contributed by atoms with Crippen molar-refractivity contribution in [2.75, 3.05) is 31.6 Å². The molecule has 0 aromatic carbocycles. The summed E-state index contributed by atoms with van der Waals surface area (Å²) in [7, 11) is 0. The van der Waals surface area contributed by atoms with Gasteiger partial charge in [-0.1, -0.05) is 0 Å². The second kappa shape index (κ2) is 6.32. The Morgan fingerprint density at radius 3 is 2.94 bits per heavy atom. The lowest BCUT2D eigenvalue weighted by atomic mass is 10.2. The van der Waals surface area contributed by atoms with Crippen molar-refractivity contribution in [3.05, 3.63) is 23.9 Å². The number of anilines is 1. The van der Waals surface area contributed by atoms with Gasteiger partial charge in [-0.2, -0.15) is 0 Å². The SMILES string of the molecule is NNc1ncccc1C(=O)NCCN1CCCC1. The van der Waals surface area contributed by atoms with Gasteiger partial charge in [-0.3, -0.25) is 4.79 Å². The Balaban J connectivity index is 1.83. The van der Waals surface area contributed by atoms with Crippen LogP contribution in [0.3, 0.4) is 0 Å². The Kier molecular flexibility index (Phi) is 4.49. The fourth-order valence-corrected chi connectivity index (χ4v) is 2.13. The number of pyridine rings is 1. The smallest absolute Gasteiger partial charge is 0.255 e. The van der Waals surface area contributed by atoms with Crippen LogP contribution in [0, 0.1) is 0 Å². The van der Waals surface area contributed by atoms with Crippen molar-refractivity contribution in [1.29, 1.82) is 0 Å². The highest BCUT2D eigenvalue weighted by molar-refractivity contribution is 5.98. The zero-order valence-electron chi connectivity index (χ0n) is 10.4. The van der Waals surface area contributed by atoms with E-state index in [2.05, 4.69) is 20.6 Å². The van der Waals surface area contributed by atoms with Crippen LogP contribution in [-0.2, 0) is 0 Å². The molecule has 1 fully saturated rings. The lowest BCUT2D eigenvalue weighted by Crippen LogP contribution is -2.34. The highest BCUT2D eigenvalue weighted by atomic mass is 16.1. The van der Waals surface area contributed by atoms with Crippen molar-refractivity contribution in [1.82, 2.24) is 15.2 Å². The minimum absolute atomic E-state index is 0.143. The fraction of sp³-hybridized carbons (Fsp3) is 0.500. The Hall–Kier alpha value is -1.66. The predicted molar refractivity (Wildman–Crippen MR) is 70.1 cm³/mol. The van der Waals surface area contributed by atoms with E-state index in [-0.39, 0.29) is 5.91 Å². The Morgan fingerprint density at radius 2 is 2.22 bits per heavy atom. The standard InChI is InChI=1S/C12H19N5O/c13-16-11-10(4-3-5-14-11)12(18)15-6-9-17-7-1-2-8-17/h3-5H,1-2,6-9,13H2,(H,14,16)(H,15,18). The zero-order chi connectivity index (χ0) is 12.8. The van der Waals surface area contributed by atoms with Crippen molar-refractivity contribution in [2.24, 2.45) is 5.84 Å². The maximum atomic E-state index is 11.9. The third kappa shape index (κ3) is 3.18. The van der Waals surface area contributed by atoms with Crippen molar-refractivity contribution in [2.45, 2.75) is 12.8 Å². The molecule has 0 radical (unpaired) electrons. The molecular formula is C12H19N5O. The first kappa shape index (κ1) is 12.8. The summed E-state index contributed by atoms with van der Waals surface area (Å²) in [6.07, 6.45) is 4.12. The van der Waals surface area contributed by atoms with E-state index in [4.69, 9.17) is 5.84 Å². The van der Waals surface area contributed by atoms with E-state index in [1.54, 1.807) is 18.3 Å². The lowest BCUT2D eigenvalue weighted by molar-refractivity contribution is 0.0950. The molecule has 0 unspecified atom stereocenters. The maximum absolute atomic E-state index is 11.9. The van der Waals surface area contributed by atoms with E-state index >= 15 is 0 Å². The average Bonchev–Trinajstić information content (AvgIpc) is 2.91. The van der Waals surface area contributed by atoms with Crippen LogP contribution in [0.4, 0.5) is 5.82 Å². The summed E-state index contributed by atoms with van der Waals surface area (Å²) >= 11 is 0. The van der Waals surface area contributed by atoms with Gasteiger partial charge in [-0.05, 0) is 38.1 Å². The van der Waals surface area contributed by atoms with Crippen LogP contribution in [0.25, 0.3) is 0 Å². The molecule has 6 nitrogen and oxygen atoms in total. The first-order chi connectivity index (χ1) is 8.81. The monoisotopic (exact) mass is 249 g/mol. The van der Waals surface area contributed by atoms with Gasteiger partial charge in [0.05, 0.1) is 5.56 Å². The van der Waals surface area contributed by atoms with Crippen molar-refractivity contribution >= 4 is 11.7 Å². The molecule has 18 heavy (non-hydrogen) atoms. The van der Waals surface area contributed by atoms with Crippen LogP contribution < -0.4 is 16.6 Å². The number of rotatable bonds is 5. The summed E-state index contributed by atoms with van der Waals surface area (Å²) in [6, 6.07) is 3.42. The van der Waals surface area contributed by atoms with Crippen molar-refractivity contribution < 1.29 is 4.79 Å². The number of nitrogens with one attached hydrogen (secondary N) is 2. The highest BCUT2D eigenvalue weighted by Crippen LogP contribution is 2.09. The third-order valence-electron chi connectivity index (χ3n) is 3.10. The quantitative estimate of drug-likeness (QED) is 0.512. The Morgan fingerprint density at radius 1 is 1.44 bits per heavy atom. The second-order valence-electron chi connectivity index (χ2n) is 4.35. The third-order valence-corrected chi connectivity index (χ3v) is 3.10. The summed E-state index contributed by atoms with van der Waals surface area (Å²) in [5, 5.41) is 2.88. The largest absolute Gasteiger partial charge is 0.351 e. The van der Waals surface area contributed by atoms with Gasteiger partial charge in [0.15, 0.2) is 5.82 Å². The van der Waals surface area contributed by atoms with Gasteiger partial charge in [-0.15, -0.1) is 0 Å². The summed E-state index contributed by atoms with van der Waals surface area (Å²) in [5.41, 5.74) is 2.90. The van der Waals surface area contributed by atoms with E-state index in [0.717, 1.165) is 19.6 Å². The molecule has 1 aliphatic rings. The topological polar surface area (TPSA) is 83.3 Å². The summed E-state index contributed by atoms with van der Waals surface area (Å²) in [6.45, 7) is 3.83. The molecule has 1 aromatic heterocycles. The van der Waals surface area contributed by atoms with Gasteiger partial charge >= 0.3 is 0 Å². The molecule has 0 atom stereocenters. The molecule has 4 N–H and O–H groups in total. The van der Waals surface area contributed by atoms with Crippen LogP contribution in [0.2, 0.25) is 0 Å². The van der Waals surface area contributed by atoms with Crippen LogP contribution in [0.15, 0.2) is 18.3 Å². The van der Waals surface area contributed by atoms with E-state index < -0.39 is 0 Å². The van der Waals surface area contributed by atoms with E-state index in [0.29, 0.717) is 17.9 Å². The molecule has 2 heterocycles. The summed E-state index contributed by atoms with van der Waals surface area (Å²) in [4.78, 5) is 18.3.